The molecule has 8 nitrogen and oxygen atoms in total. The van der Waals surface area contributed by atoms with Gasteiger partial charge in [-0.3, -0.25) is 9.59 Å². The molecule has 1 fully saturated rings. The van der Waals surface area contributed by atoms with Gasteiger partial charge in [0.25, 0.3) is 0 Å². The zero-order valence-corrected chi connectivity index (χ0v) is 10.4. The molecule has 1 rings (SSSR count). The molecule has 0 N–H and O–H groups in total. The van der Waals surface area contributed by atoms with E-state index in [1.165, 1.54) is 13.8 Å². The van der Waals surface area contributed by atoms with E-state index in [0.717, 1.165) is 0 Å². The zero-order valence-electron chi connectivity index (χ0n) is 10.4. The van der Waals surface area contributed by atoms with E-state index >= 15 is 0 Å². The first-order chi connectivity index (χ1) is 8.43. The molecule has 1 aliphatic rings. The highest BCUT2D eigenvalue weighted by molar-refractivity contribution is 5.66. The number of nitrogens with zero attached hydrogens (tertiary/aromatic N) is 3. The Morgan fingerprint density at radius 1 is 1.33 bits per heavy atom. The predicted octanol–water partition coefficient (Wildman–Crippen LogP) is 1.29. The van der Waals surface area contributed by atoms with Crippen LogP contribution in [-0.4, -0.2) is 36.5 Å². The van der Waals surface area contributed by atoms with Crippen LogP contribution < -0.4 is 0 Å². The van der Waals surface area contributed by atoms with E-state index in [1.807, 2.05) is 0 Å². The van der Waals surface area contributed by atoms with Gasteiger partial charge < -0.3 is 14.2 Å². The maximum Gasteiger partial charge on any atom is 0.304 e. The van der Waals surface area contributed by atoms with E-state index in [1.54, 1.807) is 6.92 Å². The fourth-order valence-corrected chi connectivity index (χ4v) is 1.82. The fourth-order valence-electron chi connectivity index (χ4n) is 1.82. The first kappa shape index (κ1) is 14.3. The van der Waals surface area contributed by atoms with Gasteiger partial charge in [-0.2, -0.15) is 0 Å². The summed E-state index contributed by atoms with van der Waals surface area (Å²) in [5, 5.41) is 3.56. The highest BCUT2D eigenvalue weighted by Gasteiger charge is 2.39. The van der Waals surface area contributed by atoms with Crippen LogP contribution in [0.15, 0.2) is 5.11 Å². The Kier molecular flexibility index (Phi) is 4.94. The lowest BCUT2D eigenvalue weighted by molar-refractivity contribution is -0.226. The third-order valence-corrected chi connectivity index (χ3v) is 2.44. The van der Waals surface area contributed by atoms with Crippen LogP contribution in [0.2, 0.25) is 0 Å². The third kappa shape index (κ3) is 3.90. The standard InChI is InChI=1S/C10H15N3O5/c1-5-10(18-7(3)15)8(12-13-11)4-9(16-5)17-6(2)14/h5,8-10H,4H2,1-3H3/t5-,8?,9?,10-/m1/s1. The van der Waals surface area contributed by atoms with Gasteiger partial charge in [0.1, 0.15) is 6.10 Å². The van der Waals surface area contributed by atoms with Gasteiger partial charge in [0.15, 0.2) is 0 Å². The van der Waals surface area contributed by atoms with Gasteiger partial charge in [-0.25, -0.2) is 0 Å². The molecule has 0 amide bonds. The molecule has 0 saturated carbocycles. The van der Waals surface area contributed by atoms with Gasteiger partial charge in [-0.05, 0) is 12.5 Å². The molecule has 0 aliphatic carbocycles. The molecule has 0 radical (unpaired) electrons. The molecule has 0 bridgehead atoms. The zero-order chi connectivity index (χ0) is 13.7. The van der Waals surface area contributed by atoms with Crippen LogP contribution in [0.5, 0.6) is 0 Å². The van der Waals surface area contributed by atoms with Crippen molar-refractivity contribution in [2.24, 2.45) is 5.11 Å². The van der Waals surface area contributed by atoms with E-state index in [-0.39, 0.29) is 6.42 Å². The van der Waals surface area contributed by atoms with E-state index in [4.69, 9.17) is 19.7 Å². The van der Waals surface area contributed by atoms with E-state index in [0.29, 0.717) is 0 Å². The number of carbonyl (C=O) groups excluding carboxylic acids is 2. The molecule has 0 spiro atoms. The number of carbonyl (C=O) groups is 2. The Morgan fingerprint density at radius 3 is 2.44 bits per heavy atom. The van der Waals surface area contributed by atoms with Crippen LogP contribution >= 0.6 is 0 Å². The van der Waals surface area contributed by atoms with Crippen LogP contribution in [0.3, 0.4) is 0 Å². The maximum absolute atomic E-state index is 11.0. The monoisotopic (exact) mass is 257 g/mol. The number of azide groups is 1. The van der Waals surface area contributed by atoms with Crippen molar-refractivity contribution in [1.82, 2.24) is 0 Å². The molecular formula is C10H15N3O5. The Labute approximate surface area is 104 Å². The summed E-state index contributed by atoms with van der Waals surface area (Å²) >= 11 is 0. The van der Waals surface area contributed by atoms with Crippen LogP contribution in [0.1, 0.15) is 27.2 Å². The number of hydrogen-bond donors (Lipinski definition) is 0. The fraction of sp³-hybridized carbons (Fsp3) is 0.800. The lowest BCUT2D eigenvalue weighted by Crippen LogP contribution is -2.49. The molecule has 2 unspecified atom stereocenters. The molecule has 100 valence electrons. The van der Waals surface area contributed by atoms with Gasteiger partial charge in [-0.1, -0.05) is 5.11 Å². The first-order valence-electron chi connectivity index (χ1n) is 5.48. The molecule has 8 heteroatoms. The minimum Gasteiger partial charge on any atom is -0.459 e. The highest BCUT2D eigenvalue weighted by atomic mass is 16.7. The number of rotatable bonds is 3. The molecule has 0 aromatic heterocycles. The van der Waals surface area contributed by atoms with Crippen molar-refractivity contribution in [2.75, 3.05) is 0 Å². The summed E-state index contributed by atoms with van der Waals surface area (Å²) in [7, 11) is 0. The highest BCUT2D eigenvalue weighted by Crippen LogP contribution is 2.26. The van der Waals surface area contributed by atoms with Crippen molar-refractivity contribution in [3.63, 3.8) is 0 Å². The lowest BCUT2D eigenvalue weighted by atomic mass is 10.0. The molecule has 1 heterocycles. The second kappa shape index (κ2) is 6.23. The van der Waals surface area contributed by atoms with Crippen LogP contribution in [0.25, 0.3) is 10.4 Å². The maximum atomic E-state index is 11.0. The van der Waals surface area contributed by atoms with E-state index in [2.05, 4.69) is 10.0 Å². The lowest BCUT2D eigenvalue weighted by Gasteiger charge is -2.37. The van der Waals surface area contributed by atoms with Crippen molar-refractivity contribution in [3.05, 3.63) is 10.4 Å². The third-order valence-electron chi connectivity index (χ3n) is 2.44. The Morgan fingerprint density at radius 2 is 1.94 bits per heavy atom. The Balaban J connectivity index is 2.78. The van der Waals surface area contributed by atoms with Crippen LogP contribution in [-0.2, 0) is 23.8 Å². The van der Waals surface area contributed by atoms with Crippen molar-refractivity contribution < 1.29 is 23.8 Å². The molecule has 1 saturated heterocycles. The predicted molar refractivity (Wildman–Crippen MR) is 59.2 cm³/mol. The second-order valence-electron chi connectivity index (χ2n) is 3.96. The molecule has 18 heavy (non-hydrogen) atoms. The summed E-state index contributed by atoms with van der Waals surface area (Å²) in [5.41, 5.74) is 8.49. The minimum atomic E-state index is -0.792. The quantitative estimate of drug-likeness (QED) is 0.327. The number of hydrogen-bond acceptors (Lipinski definition) is 6. The SMILES string of the molecule is CC(=O)OC1CC(N=[N+]=[N-])[C@H](OC(C)=O)[C@@H](C)O1. The summed E-state index contributed by atoms with van der Waals surface area (Å²) in [6.45, 7) is 4.18. The average molecular weight is 257 g/mol. The van der Waals surface area contributed by atoms with Gasteiger partial charge in [0.2, 0.25) is 6.29 Å². The molecule has 1 aliphatic heterocycles. The number of esters is 2. The molecule has 0 aromatic carbocycles. The summed E-state index contributed by atoms with van der Waals surface area (Å²) in [6, 6.07) is -0.619. The topological polar surface area (TPSA) is 111 Å². The summed E-state index contributed by atoms with van der Waals surface area (Å²) < 4.78 is 15.3. The van der Waals surface area contributed by atoms with Gasteiger partial charge in [-0.15, -0.1) is 0 Å². The van der Waals surface area contributed by atoms with Crippen molar-refractivity contribution in [1.29, 1.82) is 0 Å². The Bertz CT molecular complexity index is 380. The van der Waals surface area contributed by atoms with Crippen LogP contribution in [0.4, 0.5) is 0 Å². The smallest absolute Gasteiger partial charge is 0.304 e. The summed E-state index contributed by atoms with van der Waals surface area (Å²) in [5.74, 6) is -0.975. The molecular weight excluding hydrogens is 242 g/mol. The van der Waals surface area contributed by atoms with Crippen molar-refractivity contribution in [3.8, 4) is 0 Å². The largest absolute Gasteiger partial charge is 0.459 e. The van der Waals surface area contributed by atoms with E-state index < -0.39 is 36.5 Å². The van der Waals surface area contributed by atoms with Crippen LogP contribution in [0, 0.1) is 0 Å². The Hall–Kier alpha value is -1.79. The molecule has 4 atom stereocenters. The van der Waals surface area contributed by atoms with Crippen molar-refractivity contribution in [2.45, 2.75) is 51.7 Å². The van der Waals surface area contributed by atoms with Gasteiger partial charge in [0, 0.05) is 25.2 Å². The molecule has 0 aromatic rings. The number of ether oxygens (including phenoxy) is 3. The summed E-state index contributed by atoms with van der Waals surface area (Å²) in [4.78, 5) is 24.5. The van der Waals surface area contributed by atoms with Gasteiger partial charge in [0.05, 0.1) is 12.1 Å². The normalized spacial score (nSPS) is 31.1. The van der Waals surface area contributed by atoms with E-state index in [9.17, 15) is 9.59 Å². The second-order valence-corrected chi connectivity index (χ2v) is 3.96. The first-order valence-corrected chi connectivity index (χ1v) is 5.48. The average Bonchev–Trinajstić information content (AvgIpc) is 2.22. The summed E-state index contributed by atoms with van der Waals surface area (Å²) in [6.07, 6.45) is -1.83. The minimum absolute atomic E-state index is 0.159. The van der Waals surface area contributed by atoms with Gasteiger partial charge >= 0.3 is 11.9 Å². The van der Waals surface area contributed by atoms with Crippen molar-refractivity contribution >= 4 is 11.9 Å².